The molecule has 0 saturated heterocycles. The molecule has 0 aliphatic carbocycles. The molecule has 0 amide bonds. The number of rotatable bonds is 11. The van der Waals surface area contributed by atoms with Crippen LogP contribution in [-0.2, 0) is 13.6 Å². The minimum atomic E-state index is 0. The first-order valence-electron chi connectivity index (χ1n) is 8.99. The summed E-state index contributed by atoms with van der Waals surface area (Å²) in [6.45, 7) is 3.37. The van der Waals surface area contributed by atoms with Gasteiger partial charge in [0.25, 0.3) is 0 Å². The van der Waals surface area contributed by atoms with Crippen LogP contribution in [0.25, 0.3) is 11.0 Å². The second-order valence-electron chi connectivity index (χ2n) is 6.35. The SMILES string of the molecule is Br.CCCCCCCCCCCC[n+]1ccc2nnn(C)c2c1. The molecular weight excluding hydrogens is 352 g/mol. The third kappa shape index (κ3) is 6.98. The minimum absolute atomic E-state index is 0. The molecule has 2 aromatic rings. The smallest absolute Gasteiger partial charge is 0.196 e. The van der Waals surface area contributed by atoms with Crippen LogP contribution in [0.5, 0.6) is 0 Å². The molecule has 0 aliphatic rings. The van der Waals surface area contributed by atoms with E-state index in [2.05, 4.69) is 40.3 Å². The van der Waals surface area contributed by atoms with Gasteiger partial charge in [-0.1, -0.05) is 63.5 Å². The summed E-state index contributed by atoms with van der Waals surface area (Å²) in [5.41, 5.74) is 2.08. The lowest BCUT2D eigenvalue weighted by Gasteiger charge is -2.01. The second kappa shape index (κ2) is 11.5. The van der Waals surface area contributed by atoms with Crippen molar-refractivity contribution in [1.29, 1.82) is 0 Å². The maximum atomic E-state index is 4.12. The molecule has 0 spiro atoms. The predicted octanol–water partition coefficient (Wildman–Crippen LogP) is 4.75. The topological polar surface area (TPSA) is 34.6 Å². The lowest BCUT2D eigenvalue weighted by atomic mass is 10.1. The number of hydrogen-bond donors (Lipinski definition) is 0. The fourth-order valence-electron chi connectivity index (χ4n) is 2.94. The number of fused-ring (bicyclic) bond motifs is 1. The molecule has 0 radical (unpaired) electrons. The van der Waals surface area contributed by atoms with E-state index in [4.69, 9.17) is 0 Å². The van der Waals surface area contributed by atoms with Gasteiger partial charge in [-0.15, -0.1) is 22.1 Å². The molecule has 2 heterocycles. The van der Waals surface area contributed by atoms with E-state index in [1.807, 2.05) is 11.7 Å². The van der Waals surface area contributed by atoms with Crippen molar-refractivity contribution in [3.05, 3.63) is 18.5 Å². The van der Waals surface area contributed by atoms with Gasteiger partial charge in [-0.3, -0.25) is 0 Å². The molecule has 5 heteroatoms. The van der Waals surface area contributed by atoms with Gasteiger partial charge >= 0.3 is 0 Å². The number of unbranched alkanes of at least 4 members (excludes halogenated alkanes) is 9. The third-order valence-corrected chi connectivity index (χ3v) is 4.38. The third-order valence-electron chi connectivity index (χ3n) is 4.38. The molecule has 23 heavy (non-hydrogen) atoms. The van der Waals surface area contributed by atoms with Crippen molar-refractivity contribution in [2.45, 2.75) is 77.7 Å². The monoisotopic (exact) mass is 383 g/mol. The molecule has 2 rings (SSSR count). The van der Waals surface area contributed by atoms with Crippen molar-refractivity contribution < 1.29 is 4.57 Å². The van der Waals surface area contributed by atoms with Crippen molar-refractivity contribution in [2.75, 3.05) is 0 Å². The minimum Gasteiger partial charge on any atom is -0.242 e. The Kier molecular flexibility index (Phi) is 10.1. The zero-order valence-electron chi connectivity index (χ0n) is 14.7. The average Bonchev–Trinajstić information content (AvgIpc) is 2.90. The van der Waals surface area contributed by atoms with Crippen LogP contribution >= 0.6 is 17.0 Å². The molecular formula is C18H32BrN4+. The molecule has 0 bridgehead atoms. The van der Waals surface area contributed by atoms with E-state index in [-0.39, 0.29) is 17.0 Å². The van der Waals surface area contributed by atoms with Gasteiger partial charge in [0, 0.05) is 19.5 Å². The molecule has 130 valence electrons. The van der Waals surface area contributed by atoms with E-state index < -0.39 is 0 Å². The number of nitrogens with zero attached hydrogens (tertiary/aromatic N) is 4. The molecule has 0 unspecified atom stereocenters. The lowest BCUT2D eigenvalue weighted by Crippen LogP contribution is -2.32. The van der Waals surface area contributed by atoms with Gasteiger partial charge in [0.2, 0.25) is 0 Å². The maximum absolute atomic E-state index is 4.12. The highest BCUT2D eigenvalue weighted by Crippen LogP contribution is 2.10. The maximum Gasteiger partial charge on any atom is 0.196 e. The zero-order valence-corrected chi connectivity index (χ0v) is 16.4. The first-order chi connectivity index (χ1) is 10.8. The van der Waals surface area contributed by atoms with Crippen molar-refractivity contribution in [3.63, 3.8) is 0 Å². The van der Waals surface area contributed by atoms with Gasteiger partial charge in [-0.2, -0.15) is 0 Å². The first kappa shape index (κ1) is 20.1. The van der Waals surface area contributed by atoms with Gasteiger partial charge < -0.3 is 0 Å². The van der Waals surface area contributed by atoms with Gasteiger partial charge in [-0.05, 0) is 6.42 Å². The Labute approximate surface area is 151 Å². The molecule has 0 aliphatic heterocycles. The largest absolute Gasteiger partial charge is 0.242 e. The number of hydrogen-bond acceptors (Lipinski definition) is 2. The number of aryl methyl sites for hydroxylation is 2. The molecule has 4 nitrogen and oxygen atoms in total. The molecule has 2 aromatic heterocycles. The molecule has 0 saturated carbocycles. The summed E-state index contributed by atoms with van der Waals surface area (Å²) in [5.74, 6) is 0. The number of aromatic nitrogens is 4. The quantitative estimate of drug-likeness (QED) is 0.414. The summed E-state index contributed by atoms with van der Waals surface area (Å²) < 4.78 is 4.10. The summed E-state index contributed by atoms with van der Waals surface area (Å²) in [6.07, 6.45) is 18.1. The van der Waals surface area contributed by atoms with Crippen molar-refractivity contribution in [3.8, 4) is 0 Å². The summed E-state index contributed by atoms with van der Waals surface area (Å²) in [7, 11) is 1.94. The first-order valence-corrected chi connectivity index (χ1v) is 8.99. The Morgan fingerprint density at radius 3 is 2.22 bits per heavy atom. The number of halogens is 1. The summed E-state index contributed by atoms with van der Waals surface area (Å²) >= 11 is 0. The fourth-order valence-corrected chi connectivity index (χ4v) is 2.94. The summed E-state index contributed by atoms with van der Waals surface area (Å²) in [5, 5.41) is 8.16. The average molecular weight is 384 g/mol. The summed E-state index contributed by atoms with van der Waals surface area (Å²) in [4.78, 5) is 0. The Bertz CT molecular complexity index is 553. The van der Waals surface area contributed by atoms with Gasteiger partial charge in [-0.25, -0.2) is 9.25 Å². The zero-order chi connectivity index (χ0) is 15.6. The van der Waals surface area contributed by atoms with Crippen LogP contribution in [-0.4, -0.2) is 15.0 Å². The molecule has 0 N–H and O–H groups in total. The Morgan fingerprint density at radius 1 is 0.957 bits per heavy atom. The van der Waals surface area contributed by atoms with Crippen LogP contribution in [0.15, 0.2) is 18.5 Å². The van der Waals surface area contributed by atoms with E-state index in [0.717, 1.165) is 17.6 Å². The van der Waals surface area contributed by atoms with Crippen LogP contribution in [0.1, 0.15) is 71.1 Å². The Morgan fingerprint density at radius 2 is 1.57 bits per heavy atom. The lowest BCUT2D eigenvalue weighted by molar-refractivity contribution is -0.696. The van der Waals surface area contributed by atoms with E-state index in [0.29, 0.717) is 0 Å². The highest BCUT2D eigenvalue weighted by Gasteiger charge is 2.07. The van der Waals surface area contributed by atoms with Crippen LogP contribution in [0.4, 0.5) is 0 Å². The predicted molar refractivity (Wildman–Crippen MR) is 101 cm³/mol. The van der Waals surface area contributed by atoms with Crippen LogP contribution in [0.3, 0.4) is 0 Å². The van der Waals surface area contributed by atoms with Gasteiger partial charge in [0.05, 0.1) is 0 Å². The van der Waals surface area contributed by atoms with Crippen LogP contribution < -0.4 is 4.57 Å². The Balaban J connectivity index is 0.00000264. The summed E-state index contributed by atoms with van der Waals surface area (Å²) in [6, 6.07) is 2.05. The molecule has 0 fully saturated rings. The van der Waals surface area contributed by atoms with Crippen LogP contribution in [0, 0.1) is 0 Å². The van der Waals surface area contributed by atoms with E-state index in [9.17, 15) is 0 Å². The number of pyridine rings is 1. The Hall–Kier alpha value is -0.970. The van der Waals surface area contributed by atoms with Gasteiger partial charge in [0.15, 0.2) is 17.9 Å². The molecule has 0 aromatic carbocycles. The van der Waals surface area contributed by atoms with Crippen molar-refractivity contribution in [1.82, 2.24) is 15.0 Å². The van der Waals surface area contributed by atoms with E-state index in [1.54, 1.807) is 0 Å². The van der Waals surface area contributed by atoms with Crippen molar-refractivity contribution in [2.24, 2.45) is 7.05 Å². The van der Waals surface area contributed by atoms with E-state index in [1.165, 1.54) is 64.2 Å². The fraction of sp³-hybridized carbons (Fsp3) is 0.722. The van der Waals surface area contributed by atoms with Crippen molar-refractivity contribution >= 4 is 28.0 Å². The standard InChI is InChI=1S/C18H31N4.BrH/c1-3-4-5-6-7-8-9-10-11-12-14-22-15-13-17-18(16-22)21(2)20-19-17;/h13,15-16H,3-12,14H2,1-2H3;1H/q+1;. The highest BCUT2D eigenvalue weighted by atomic mass is 79.9. The van der Waals surface area contributed by atoms with Crippen LogP contribution in [0.2, 0.25) is 0 Å². The normalized spacial score (nSPS) is 10.9. The highest BCUT2D eigenvalue weighted by molar-refractivity contribution is 8.93. The van der Waals surface area contributed by atoms with Gasteiger partial charge in [0.1, 0.15) is 12.1 Å². The van der Waals surface area contributed by atoms with E-state index >= 15 is 0 Å². The molecule has 0 atom stereocenters. The second-order valence-corrected chi connectivity index (χ2v) is 6.35.